The maximum absolute atomic E-state index is 14.3. The van der Waals surface area contributed by atoms with Gasteiger partial charge in [0, 0.05) is 35.4 Å². The van der Waals surface area contributed by atoms with Gasteiger partial charge in [0.15, 0.2) is 5.82 Å². The van der Waals surface area contributed by atoms with Crippen molar-refractivity contribution in [3.05, 3.63) is 28.0 Å². The fourth-order valence-corrected chi connectivity index (χ4v) is 3.71. The van der Waals surface area contributed by atoms with Crippen LogP contribution >= 0.6 is 26.6 Å². The van der Waals surface area contributed by atoms with Crippen molar-refractivity contribution in [2.24, 2.45) is 0 Å². The van der Waals surface area contributed by atoms with E-state index in [2.05, 4.69) is 15.9 Å². The van der Waals surface area contributed by atoms with Crippen LogP contribution < -0.4 is 0 Å². The zero-order chi connectivity index (χ0) is 15.8. The van der Waals surface area contributed by atoms with Gasteiger partial charge in [0.25, 0.3) is 15.0 Å². The number of halogens is 3. The topological polar surface area (TPSA) is 63.7 Å². The standard InChI is InChI=1S/C12H12BrClFNO4S/c1-20-8-2-3-16(6-8)12(17)9-4-7(13)5-10(11(9)15)21(14,18)19/h4-5,8H,2-3,6H2,1H3. The highest BCUT2D eigenvalue weighted by molar-refractivity contribution is 9.10. The minimum absolute atomic E-state index is 0.0969. The van der Waals surface area contributed by atoms with E-state index in [1.54, 1.807) is 0 Å². The predicted octanol–water partition coefficient (Wildman–Crippen LogP) is 2.38. The number of amides is 1. The van der Waals surface area contributed by atoms with Gasteiger partial charge in [-0.3, -0.25) is 4.79 Å². The minimum Gasteiger partial charge on any atom is -0.380 e. The van der Waals surface area contributed by atoms with Crippen molar-refractivity contribution in [1.29, 1.82) is 0 Å². The van der Waals surface area contributed by atoms with E-state index in [1.807, 2.05) is 0 Å². The molecule has 1 aliphatic rings. The quantitative estimate of drug-likeness (QED) is 0.731. The summed E-state index contributed by atoms with van der Waals surface area (Å²) in [5.74, 6) is -1.73. The molecule has 1 atom stereocenters. The van der Waals surface area contributed by atoms with Crippen molar-refractivity contribution in [3.63, 3.8) is 0 Å². The van der Waals surface area contributed by atoms with Crippen LogP contribution in [-0.4, -0.2) is 45.5 Å². The smallest absolute Gasteiger partial charge is 0.264 e. The summed E-state index contributed by atoms with van der Waals surface area (Å²) in [6.45, 7) is 0.760. The van der Waals surface area contributed by atoms with Crippen LogP contribution in [-0.2, 0) is 13.8 Å². The molecule has 116 valence electrons. The minimum atomic E-state index is -4.28. The number of carbonyl (C=O) groups is 1. The Hall–Kier alpha value is -0.700. The van der Waals surface area contributed by atoms with E-state index < -0.39 is 25.7 Å². The van der Waals surface area contributed by atoms with Crippen LogP contribution in [0.1, 0.15) is 16.8 Å². The lowest BCUT2D eigenvalue weighted by molar-refractivity contribution is 0.0719. The van der Waals surface area contributed by atoms with Gasteiger partial charge in [-0.2, -0.15) is 0 Å². The lowest BCUT2D eigenvalue weighted by Gasteiger charge is -2.17. The Bertz CT molecular complexity index is 682. The third kappa shape index (κ3) is 3.56. The van der Waals surface area contributed by atoms with Crippen molar-refractivity contribution >= 4 is 41.6 Å². The third-order valence-electron chi connectivity index (χ3n) is 3.26. The summed E-state index contributed by atoms with van der Waals surface area (Å²) >= 11 is 3.06. The number of nitrogens with zero attached hydrogens (tertiary/aromatic N) is 1. The van der Waals surface area contributed by atoms with Crippen LogP contribution in [0.5, 0.6) is 0 Å². The van der Waals surface area contributed by atoms with E-state index >= 15 is 0 Å². The first-order chi connectivity index (χ1) is 9.74. The molecule has 0 aromatic heterocycles. The van der Waals surface area contributed by atoms with Gasteiger partial charge in [-0.25, -0.2) is 12.8 Å². The molecule has 1 aromatic rings. The van der Waals surface area contributed by atoms with Gasteiger partial charge in [0.05, 0.1) is 11.7 Å². The Balaban J connectivity index is 2.41. The van der Waals surface area contributed by atoms with Crippen molar-refractivity contribution in [3.8, 4) is 0 Å². The van der Waals surface area contributed by atoms with Gasteiger partial charge in [-0.1, -0.05) is 15.9 Å². The zero-order valence-corrected chi connectivity index (χ0v) is 14.1. The molecule has 0 spiro atoms. The average molecular weight is 401 g/mol. The SMILES string of the molecule is COC1CCN(C(=O)c2cc(Br)cc(S(=O)(=O)Cl)c2F)C1. The van der Waals surface area contributed by atoms with E-state index in [-0.39, 0.29) is 16.1 Å². The number of hydrogen-bond acceptors (Lipinski definition) is 4. The summed E-state index contributed by atoms with van der Waals surface area (Å²) in [4.78, 5) is 13.0. The molecule has 1 aliphatic heterocycles. The summed E-state index contributed by atoms with van der Waals surface area (Å²) in [6.07, 6.45) is 0.554. The second kappa shape index (κ2) is 6.20. The van der Waals surface area contributed by atoms with Crippen LogP contribution in [0, 0.1) is 5.82 Å². The van der Waals surface area contributed by atoms with E-state index in [0.717, 1.165) is 6.07 Å². The highest BCUT2D eigenvalue weighted by atomic mass is 79.9. The van der Waals surface area contributed by atoms with Crippen LogP contribution in [0.15, 0.2) is 21.5 Å². The van der Waals surface area contributed by atoms with Crippen LogP contribution in [0.4, 0.5) is 4.39 Å². The number of benzene rings is 1. The van der Waals surface area contributed by atoms with Crippen molar-refractivity contribution in [2.75, 3.05) is 20.2 Å². The molecule has 5 nitrogen and oxygen atoms in total. The summed E-state index contributed by atoms with van der Waals surface area (Å²) < 4.78 is 42.4. The largest absolute Gasteiger partial charge is 0.380 e. The summed E-state index contributed by atoms with van der Waals surface area (Å²) in [5, 5.41) is 0. The molecular weight excluding hydrogens is 389 g/mol. The molecule has 0 bridgehead atoms. The van der Waals surface area contributed by atoms with E-state index in [1.165, 1.54) is 18.1 Å². The first-order valence-corrected chi connectivity index (χ1v) is 9.10. The maximum Gasteiger partial charge on any atom is 0.264 e. The second-order valence-corrected chi connectivity index (χ2v) is 8.05. The van der Waals surface area contributed by atoms with Crippen LogP contribution in [0.25, 0.3) is 0 Å². The lowest BCUT2D eigenvalue weighted by atomic mass is 10.2. The van der Waals surface area contributed by atoms with E-state index in [0.29, 0.717) is 19.5 Å². The Kier molecular flexibility index (Phi) is 4.92. The number of carbonyl (C=O) groups excluding carboxylic acids is 1. The summed E-state index contributed by atoms with van der Waals surface area (Å²) in [6, 6.07) is 2.26. The Labute approximate surface area is 134 Å². The van der Waals surface area contributed by atoms with Crippen molar-refractivity contribution in [2.45, 2.75) is 17.4 Å². The molecular formula is C12H12BrClFNO4S. The fourth-order valence-electron chi connectivity index (χ4n) is 2.17. The number of methoxy groups -OCH3 is 1. The maximum atomic E-state index is 14.3. The predicted molar refractivity (Wildman–Crippen MR) is 78.5 cm³/mol. The first kappa shape index (κ1) is 16.7. The average Bonchev–Trinajstić information content (AvgIpc) is 2.87. The molecule has 0 saturated carbocycles. The fraction of sp³-hybridized carbons (Fsp3) is 0.417. The summed E-state index contributed by atoms with van der Waals surface area (Å²) in [5.41, 5.74) is -0.333. The molecule has 0 radical (unpaired) electrons. The lowest BCUT2D eigenvalue weighted by Crippen LogP contribution is -2.31. The molecule has 9 heteroatoms. The molecule has 2 rings (SSSR count). The van der Waals surface area contributed by atoms with Gasteiger partial charge in [0.1, 0.15) is 4.90 Å². The van der Waals surface area contributed by atoms with Gasteiger partial charge in [-0.15, -0.1) is 0 Å². The molecule has 21 heavy (non-hydrogen) atoms. The van der Waals surface area contributed by atoms with Gasteiger partial charge in [-0.05, 0) is 18.6 Å². The van der Waals surface area contributed by atoms with E-state index in [4.69, 9.17) is 15.4 Å². The van der Waals surface area contributed by atoms with Gasteiger partial charge >= 0.3 is 0 Å². The second-order valence-electron chi connectivity index (χ2n) is 4.60. The van der Waals surface area contributed by atoms with Crippen LogP contribution in [0.2, 0.25) is 0 Å². The summed E-state index contributed by atoms with van der Waals surface area (Å²) in [7, 11) is 2.44. The van der Waals surface area contributed by atoms with Crippen molar-refractivity contribution in [1.82, 2.24) is 4.90 Å². The molecule has 1 aromatic carbocycles. The monoisotopic (exact) mass is 399 g/mol. The number of hydrogen-bond donors (Lipinski definition) is 0. The molecule has 0 aliphatic carbocycles. The normalized spacial score (nSPS) is 19.0. The molecule has 1 unspecified atom stereocenters. The van der Waals surface area contributed by atoms with Crippen molar-refractivity contribution < 1.29 is 22.3 Å². The molecule has 0 N–H and O–H groups in total. The van der Waals surface area contributed by atoms with Gasteiger partial charge in [0.2, 0.25) is 0 Å². The van der Waals surface area contributed by atoms with E-state index in [9.17, 15) is 17.6 Å². The zero-order valence-electron chi connectivity index (χ0n) is 11.0. The molecule has 1 fully saturated rings. The molecule has 1 amide bonds. The highest BCUT2D eigenvalue weighted by Crippen LogP contribution is 2.28. The van der Waals surface area contributed by atoms with Crippen LogP contribution in [0.3, 0.4) is 0 Å². The highest BCUT2D eigenvalue weighted by Gasteiger charge is 2.30. The number of rotatable bonds is 3. The third-order valence-corrected chi connectivity index (χ3v) is 5.04. The first-order valence-electron chi connectivity index (χ1n) is 6.00. The van der Waals surface area contributed by atoms with Gasteiger partial charge < -0.3 is 9.64 Å². The number of likely N-dealkylation sites (tertiary alicyclic amines) is 1. The Morgan fingerprint density at radius 3 is 2.71 bits per heavy atom. The number of ether oxygens (including phenoxy) is 1. The molecule has 1 saturated heterocycles. The Morgan fingerprint density at radius 2 is 2.19 bits per heavy atom. The molecule has 1 heterocycles. The Morgan fingerprint density at radius 1 is 1.52 bits per heavy atom.